The summed E-state index contributed by atoms with van der Waals surface area (Å²) in [5.74, 6) is 1.28. The number of nitrogens with two attached hydrogens (primary N) is 1. The zero-order valence-electron chi connectivity index (χ0n) is 14.2. The predicted octanol–water partition coefficient (Wildman–Crippen LogP) is 1.09. The Kier molecular flexibility index (Phi) is 2.93. The third-order valence-corrected chi connectivity index (χ3v) is 6.72. The molecule has 1 saturated heterocycles. The van der Waals surface area contributed by atoms with Crippen LogP contribution in [0.25, 0.3) is 0 Å². The Bertz CT molecular complexity index is 808. The van der Waals surface area contributed by atoms with Crippen LogP contribution in [0.2, 0.25) is 0 Å². The molecule has 2 aliphatic carbocycles. The van der Waals surface area contributed by atoms with E-state index in [-0.39, 0.29) is 17.3 Å². The standard InChI is InChI=1S/C18H22N4O3/c1-22-7-6-18-10-3-4-11(20-21-17(19)24)16(18)25-15-13(23)5-2-9(14(15)18)8-12(10)22/h2,5,10,12,16,23H,3-4,6-8H2,1H3,(H3,19,21,24)/t10-,12+,16-,18-/m0/s1. The zero-order valence-corrected chi connectivity index (χ0v) is 14.2. The Labute approximate surface area is 145 Å². The number of carbonyl (C=O) groups excluding carboxylic acids is 1. The van der Waals surface area contributed by atoms with E-state index in [2.05, 4.69) is 22.5 Å². The quantitative estimate of drug-likeness (QED) is 0.665. The van der Waals surface area contributed by atoms with Crippen molar-refractivity contribution in [3.63, 3.8) is 0 Å². The van der Waals surface area contributed by atoms with E-state index in [1.54, 1.807) is 6.07 Å². The lowest BCUT2D eigenvalue weighted by atomic mass is 9.51. The first-order valence-corrected chi connectivity index (χ1v) is 8.86. The number of urea groups is 1. The number of ether oxygens (including phenoxy) is 1. The van der Waals surface area contributed by atoms with E-state index in [1.165, 1.54) is 11.1 Å². The molecule has 2 amide bonds. The summed E-state index contributed by atoms with van der Waals surface area (Å²) >= 11 is 0. The molecular weight excluding hydrogens is 320 g/mol. The number of rotatable bonds is 1. The molecule has 0 aromatic heterocycles. The molecule has 0 radical (unpaired) electrons. The molecule has 2 heterocycles. The average Bonchev–Trinajstić information content (AvgIpc) is 2.94. The highest BCUT2D eigenvalue weighted by Gasteiger charge is 2.64. The van der Waals surface area contributed by atoms with E-state index in [9.17, 15) is 9.90 Å². The molecule has 1 saturated carbocycles. The van der Waals surface area contributed by atoms with Gasteiger partial charge in [-0.2, -0.15) is 5.10 Å². The van der Waals surface area contributed by atoms with Gasteiger partial charge in [0.15, 0.2) is 11.5 Å². The van der Waals surface area contributed by atoms with Crippen LogP contribution in [0.1, 0.15) is 30.4 Å². The van der Waals surface area contributed by atoms with Crippen LogP contribution in [-0.4, -0.2) is 47.5 Å². The van der Waals surface area contributed by atoms with Gasteiger partial charge in [0.25, 0.3) is 0 Å². The number of phenols is 1. The zero-order chi connectivity index (χ0) is 17.3. The second-order valence-corrected chi connectivity index (χ2v) is 7.71. The summed E-state index contributed by atoms with van der Waals surface area (Å²) in [4.78, 5) is 13.6. The van der Waals surface area contributed by atoms with Gasteiger partial charge in [-0.25, -0.2) is 10.2 Å². The molecular formula is C18H22N4O3. The SMILES string of the molecule is CN1CC[C@]23c4c5ccc(O)c4O[C@H]2C(=NNC(N)=O)CC[C@H]3[C@H]1C5. The van der Waals surface area contributed by atoms with Crippen molar-refractivity contribution in [1.82, 2.24) is 10.3 Å². The minimum absolute atomic E-state index is 0.157. The number of phenolic OH excluding ortho intramolecular Hbond substituents is 1. The minimum Gasteiger partial charge on any atom is -0.504 e. The fourth-order valence-corrected chi connectivity index (χ4v) is 5.78. The van der Waals surface area contributed by atoms with Crippen LogP contribution in [0.4, 0.5) is 4.79 Å². The molecule has 7 nitrogen and oxygen atoms in total. The molecule has 2 aliphatic heterocycles. The number of hydrogen-bond donors (Lipinski definition) is 3. The molecule has 7 heteroatoms. The Morgan fingerprint density at radius 1 is 1.52 bits per heavy atom. The summed E-state index contributed by atoms with van der Waals surface area (Å²) in [6.45, 7) is 0.992. The minimum atomic E-state index is -0.670. The first kappa shape index (κ1) is 15.0. The summed E-state index contributed by atoms with van der Waals surface area (Å²) in [5.41, 5.74) is 10.7. The number of hydrazone groups is 1. The van der Waals surface area contributed by atoms with Gasteiger partial charge in [-0.05, 0) is 56.8 Å². The number of aromatic hydroxyl groups is 1. The maximum atomic E-state index is 11.1. The molecule has 2 bridgehead atoms. The molecule has 25 heavy (non-hydrogen) atoms. The number of nitrogens with one attached hydrogen (secondary N) is 1. The molecule has 1 spiro atoms. The van der Waals surface area contributed by atoms with Crippen molar-refractivity contribution in [3.05, 3.63) is 23.3 Å². The second-order valence-electron chi connectivity index (χ2n) is 7.71. The number of primary amides is 1. The highest BCUT2D eigenvalue weighted by atomic mass is 16.5. The average molecular weight is 342 g/mol. The van der Waals surface area contributed by atoms with Crippen molar-refractivity contribution in [2.45, 2.75) is 43.2 Å². The molecule has 132 valence electrons. The van der Waals surface area contributed by atoms with Gasteiger partial charge in [0.05, 0.1) is 5.71 Å². The predicted molar refractivity (Wildman–Crippen MR) is 91.8 cm³/mol. The Hall–Kier alpha value is -2.28. The number of amides is 2. The molecule has 1 aromatic carbocycles. The van der Waals surface area contributed by atoms with E-state index in [0.717, 1.165) is 37.9 Å². The van der Waals surface area contributed by atoms with Crippen molar-refractivity contribution in [3.8, 4) is 11.5 Å². The van der Waals surface area contributed by atoms with Gasteiger partial charge >= 0.3 is 6.03 Å². The van der Waals surface area contributed by atoms with E-state index >= 15 is 0 Å². The summed E-state index contributed by atoms with van der Waals surface area (Å²) in [6, 6.07) is 3.58. The molecule has 4 N–H and O–H groups in total. The maximum absolute atomic E-state index is 11.1. The van der Waals surface area contributed by atoms with Gasteiger partial charge in [0.2, 0.25) is 0 Å². The van der Waals surface area contributed by atoms with Crippen LogP contribution in [0.15, 0.2) is 17.2 Å². The van der Waals surface area contributed by atoms with Gasteiger partial charge in [-0.15, -0.1) is 0 Å². The van der Waals surface area contributed by atoms with Crippen molar-refractivity contribution < 1.29 is 14.6 Å². The molecule has 4 aliphatic rings. The van der Waals surface area contributed by atoms with Crippen LogP contribution in [0.3, 0.4) is 0 Å². The second kappa shape index (κ2) is 4.88. The van der Waals surface area contributed by atoms with Crippen molar-refractivity contribution in [2.75, 3.05) is 13.6 Å². The molecule has 4 atom stereocenters. The van der Waals surface area contributed by atoms with Gasteiger partial charge < -0.3 is 20.5 Å². The fraction of sp³-hybridized carbons (Fsp3) is 0.556. The van der Waals surface area contributed by atoms with Crippen molar-refractivity contribution in [1.29, 1.82) is 0 Å². The highest BCUT2D eigenvalue weighted by Crippen LogP contribution is 2.63. The summed E-state index contributed by atoms with van der Waals surface area (Å²) in [5, 5.41) is 14.7. The summed E-state index contributed by atoms with van der Waals surface area (Å²) in [6.07, 6.45) is 3.49. The maximum Gasteiger partial charge on any atom is 0.332 e. The number of likely N-dealkylation sites (N-methyl/N-ethyl adjacent to an activating group) is 1. The Balaban J connectivity index is 1.70. The number of hydrogen-bond acceptors (Lipinski definition) is 5. The summed E-state index contributed by atoms with van der Waals surface area (Å²) in [7, 11) is 2.20. The van der Waals surface area contributed by atoms with E-state index in [0.29, 0.717) is 17.7 Å². The number of benzene rings is 1. The van der Waals surface area contributed by atoms with Crippen molar-refractivity contribution in [2.24, 2.45) is 16.8 Å². The number of carbonyl (C=O) groups is 1. The smallest absolute Gasteiger partial charge is 0.332 e. The lowest BCUT2D eigenvalue weighted by molar-refractivity contribution is -0.00704. The first-order valence-electron chi connectivity index (χ1n) is 8.86. The van der Waals surface area contributed by atoms with Crippen LogP contribution in [-0.2, 0) is 11.8 Å². The van der Waals surface area contributed by atoms with E-state index in [4.69, 9.17) is 10.5 Å². The fourth-order valence-electron chi connectivity index (χ4n) is 5.78. The number of nitrogens with zero attached hydrogens (tertiary/aromatic N) is 2. The molecule has 1 aromatic rings. The van der Waals surface area contributed by atoms with Crippen molar-refractivity contribution >= 4 is 11.7 Å². The third-order valence-electron chi connectivity index (χ3n) is 6.72. The lowest BCUT2D eigenvalue weighted by Crippen LogP contribution is -2.65. The van der Waals surface area contributed by atoms with Gasteiger partial charge in [0, 0.05) is 17.0 Å². The van der Waals surface area contributed by atoms with Gasteiger partial charge in [0.1, 0.15) is 6.10 Å². The normalized spacial score (nSPS) is 36.7. The summed E-state index contributed by atoms with van der Waals surface area (Å²) < 4.78 is 6.30. The highest BCUT2D eigenvalue weighted by molar-refractivity contribution is 5.94. The largest absolute Gasteiger partial charge is 0.504 e. The molecule has 2 fully saturated rings. The third kappa shape index (κ3) is 1.79. The van der Waals surface area contributed by atoms with Gasteiger partial charge in [-0.1, -0.05) is 6.07 Å². The number of piperidine rings is 1. The van der Waals surface area contributed by atoms with Crippen LogP contribution in [0, 0.1) is 5.92 Å². The Morgan fingerprint density at radius 3 is 3.16 bits per heavy atom. The van der Waals surface area contributed by atoms with Crippen LogP contribution < -0.4 is 15.9 Å². The molecule has 0 unspecified atom stereocenters. The monoisotopic (exact) mass is 342 g/mol. The molecule has 5 rings (SSSR count). The van der Waals surface area contributed by atoms with E-state index < -0.39 is 6.03 Å². The Morgan fingerprint density at radius 2 is 2.36 bits per heavy atom. The van der Waals surface area contributed by atoms with Crippen LogP contribution >= 0.6 is 0 Å². The van der Waals surface area contributed by atoms with Crippen LogP contribution in [0.5, 0.6) is 11.5 Å². The number of likely N-dealkylation sites (tertiary alicyclic amines) is 1. The topological polar surface area (TPSA) is 100 Å². The first-order chi connectivity index (χ1) is 12.0. The lowest BCUT2D eigenvalue weighted by Gasteiger charge is -2.57. The van der Waals surface area contributed by atoms with Gasteiger partial charge in [-0.3, -0.25) is 0 Å². The van der Waals surface area contributed by atoms with E-state index in [1.807, 2.05) is 6.07 Å².